The topological polar surface area (TPSA) is 101 Å². The number of aliphatic hydroxyl groups excluding tert-OH is 1. The maximum atomic E-state index is 12.5. The Morgan fingerprint density at radius 2 is 1.64 bits per heavy atom. The fraction of sp³-hybridized carbons (Fsp3) is 0.167. The summed E-state index contributed by atoms with van der Waals surface area (Å²) in [4.78, 5) is 5.44. The summed E-state index contributed by atoms with van der Waals surface area (Å²) in [5.41, 5.74) is 4.42. The van der Waals surface area contributed by atoms with Gasteiger partial charge in [-0.1, -0.05) is 67.8 Å². The third-order valence-electron chi connectivity index (χ3n) is 5.83. The van der Waals surface area contributed by atoms with Crippen LogP contribution in [0.3, 0.4) is 0 Å². The molecule has 4 aromatic rings. The van der Waals surface area contributed by atoms with Gasteiger partial charge in [0.25, 0.3) is 0 Å². The summed E-state index contributed by atoms with van der Waals surface area (Å²) >= 11 is 0. The number of nitrogens with zero attached hydrogens (tertiary/aromatic N) is 2. The van der Waals surface area contributed by atoms with Gasteiger partial charge in [0, 0.05) is 39.3 Å². The van der Waals surface area contributed by atoms with Gasteiger partial charge in [-0.3, -0.25) is 8.93 Å². The first-order valence-electron chi connectivity index (χ1n) is 12.5. The van der Waals surface area contributed by atoms with Crippen LogP contribution in [0.5, 0.6) is 0 Å². The minimum Gasteiger partial charge on any atom is -0.505 e. The summed E-state index contributed by atoms with van der Waals surface area (Å²) in [5.74, 6) is -1.17. The number of halogens is 3. The quantitative estimate of drug-likeness (QED) is 0.148. The highest BCUT2D eigenvalue weighted by Gasteiger charge is 2.31. The predicted molar refractivity (Wildman–Crippen MR) is 163 cm³/mol. The lowest BCUT2D eigenvalue weighted by Crippen LogP contribution is -2.21. The molecule has 0 fully saturated rings. The number of nitrogens with one attached hydrogen (secondary N) is 1. The van der Waals surface area contributed by atoms with E-state index in [2.05, 4.69) is 34.6 Å². The standard InChI is InChI=1S/C27H27N3O3S2.C3H3F3O/c1-3-9-21(2)34(31)18-19-35(32,33)29-24-16-14-23(15-17-24)27-28-25-12-7-8-13-26(25)30(27)20-22-10-5-4-6-11-22;1-2(7)3(4,5)6/h3-17,29H,1,18-20H2,2H3;7H,1H2/b21-9+;. The molecular weight excluding hydrogens is 587 g/mol. The van der Waals surface area contributed by atoms with Crippen LogP contribution in [-0.2, 0) is 27.4 Å². The van der Waals surface area contributed by atoms with Crippen molar-refractivity contribution in [3.63, 3.8) is 0 Å². The number of rotatable bonds is 10. The molecule has 42 heavy (non-hydrogen) atoms. The Labute approximate surface area is 245 Å². The molecule has 4 rings (SSSR count). The lowest BCUT2D eigenvalue weighted by atomic mass is 10.2. The van der Waals surface area contributed by atoms with E-state index in [9.17, 15) is 25.8 Å². The monoisotopic (exact) mass is 617 g/mol. The zero-order chi connectivity index (χ0) is 30.9. The highest BCUT2D eigenvalue weighted by molar-refractivity contribution is 7.94. The van der Waals surface area contributed by atoms with Crippen LogP contribution in [0, 0.1) is 0 Å². The minimum absolute atomic E-state index is 0.0209. The molecule has 1 atom stereocenters. The molecule has 0 saturated carbocycles. The predicted octanol–water partition coefficient (Wildman–Crippen LogP) is 6.95. The van der Waals surface area contributed by atoms with Gasteiger partial charge in [-0.15, -0.1) is 0 Å². The molecule has 0 aliphatic heterocycles. The van der Waals surface area contributed by atoms with Gasteiger partial charge in [-0.05, 0) is 48.9 Å². The molecule has 0 radical (unpaired) electrons. The number of fused-ring (bicyclic) bond motifs is 1. The maximum Gasteiger partial charge on any atom is 0.448 e. The van der Waals surface area contributed by atoms with Crippen LogP contribution in [0.15, 0.2) is 115 Å². The van der Waals surface area contributed by atoms with E-state index in [4.69, 9.17) is 10.1 Å². The van der Waals surface area contributed by atoms with Gasteiger partial charge in [0.05, 0.1) is 16.8 Å². The second-order valence-electron chi connectivity index (χ2n) is 9.00. The molecule has 0 amide bonds. The van der Waals surface area contributed by atoms with E-state index in [1.165, 1.54) is 6.08 Å². The average molecular weight is 618 g/mol. The van der Waals surface area contributed by atoms with Crippen molar-refractivity contribution in [2.45, 2.75) is 19.6 Å². The molecule has 7 nitrogen and oxygen atoms in total. The van der Waals surface area contributed by atoms with E-state index in [1.54, 1.807) is 25.1 Å². The summed E-state index contributed by atoms with van der Waals surface area (Å²) in [5, 5.41) is 7.57. The van der Waals surface area contributed by atoms with E-state index in [1.807, 2.05) is 54.6 Å². The molecule has 1 aromatic heterocycles. The third kappa shape index (κ3) is 9.18. The number of alkyl halides is 3. The maximum absolute atomic E-state index is 12.5. The van der Waals surface area contributed by atoms with Gasteiger partial charge in [-0.2, -0.15) is 13.2 Å². The molecule has 1 heterocycles. The molecular formula is C30H30F3N3O4S2. The Morgan fingerprint density at radius 1 is 1.05 bits per heavy atom. The highest BCUT2D eigenvalue weighted by Crippen LogP contribution is 2.27. The Morgan fingerprint density at radius 3 is 2.24 bits per heavy atom. The Kier molecular flexibility index (Phi) is 10.9. The van der Waals surface area contributed by atoms with Crippen molar-refractivity contribution in [3.05, 3.63) is 120 Å². The molecule has 0 saturated heterocycles. The first kappa shape index (κ1) is 32.4. The molecule has 12 heteroatoms. The molecule has 3 aromatic carbocycles. The van der Waals surface area contributed by atoms with Crippen LogP contribution in [0.4, 0.5) is 18.9 Å². The van der Waals surface area contributed by atoms with Gasteiger partial charge in [0.2, 0.25) is 10.0 Å². The summed E-state index contributed by atoms with van der Waals surface area (Å²) in [6, 6.07) is 25.3. The van der Waals surface area contributed by atoms with Gasteiger partial charge < -0.3 is 9.67 Å². The fourth-order valence-corrected chi connectivity index (χ4v) is 6.38. The van der Waals surface area contributed by atoms with Crippen molar-refractivity contribution in [1.82, 2.24) is 9.55 Å². The lowest BCUT2D eigenvalue weighted by Gasteiger charge is -2.11. The van der Waals surface area contributed by atoms with Crippen LogP contribution in [0.2, 0.25) is 0 Å². The average Bonchev–Trinajstić information content (AvgIpc) is 3.30. The molecule has 2 N–H and O–H groups in total. The zero-order valence-electron chi connectivity index (χ0n) is 22.7. The lowest BCUT2D eigenvalue weighted by molar-refractivity contribution is -0.119. The minimum atomic E-state index is -4.64. The van der Waals surface area contributed by atoms with Gasteiger partial charge in [-0.25, -0.2) is 13.4 Å². The van der Waals surface area contributed by atoms with Gasteiger partial charge in [0.15, 0.2) is 5.76 Å². The number of sulfonamides is 1. The molecule has 0 bridgehead atoms. The molecule has 0 aliphatic rings. The summed E-state index contributed by atoms with van der Waals surface area (Å²) in [7, 11) is -5.01. The number of hydrogen-bond acceptors (Lipinski definition) is 5. The Balaban J connectivity index is 0.000000616. The largest absolute Gasteiger partial charge is 0.505 e. The number of aliphatic hydroxyl groups is 1. The van der Waals surface area contributed by atoms with Gasteiger partial charge >= 0.3 is 6.18 Å². The Hall–Kier alpha value is -4.16. The first-order chi connectivity index (χ1) is 19.8. The molecule has 222 valence electrons. The van der Waals surface area contributed by atoms with E-state index in [-0.39, 0.29) is 11.5 Å². The van der Waals surface area contributed by atoms with Crippen LogP contribution >= 0.6 is 0 Å². The first-order valence-corrected chi connectivity index (χ1v) is 15.5. The number of para-hydroxylation sites is 2. The zero-order valence-corrected chi connectivity index (χ0v) is 24.3. The molecule has 0 spiro atoms. The molecule has 0 aliphatic carbocycles. The van der Waals surface area contributed by atoms with Crippen LogP contribution in [0.1, 0.15) is 12.5 Å². The highest BCUT2D eigenvalue weighted by atomic mass is 32.2. The summed E-state index contributed by atoms with van der Waals surface area (Å²) in [6.07, 6.45) is -1.48. The van der Waals surface area contributed by atoms with Crippen LogP contribution < -0.4 is 4.72 Å². The number of anilines is 1. The molecule has 1 unspecified atom stereocenters. The fourth-order valence-electron chi connectivity index (χ4n) is 3.73. The second-order valence-corrected chi connectivity index (χ2v) is 12.6. The van der Waals surface area contributed by atoms with Crippen LogP contribution in [0.25, 0.3) is 22.4 Å². The van der Waals surface area contributed by atoms with E-state index >= 15 is 0 Å². The second kappa shape index (κ2) is 14.1. The van der Waals surface area contributed by atoms with Gasteiger partial charge in [0.1, 0.15) is 5.82 Å². The van der Waals surface area contributed by atoms with Crippen molar-refractivity contribution >= 4 is 37.5 Å². The SMILES string of the molecule is C=C(O)C(F)(F)F.C=C/C=C(\C)S(=O)CCS(=O)(=O)Nc1ccc(-c2nc3ccccc3n2Cc2ccccc2)cc1. The van der Waals surface area contributed by atoms with E-state index in [0.29, 0.717) is 17.1 Å². The number of hydrogen-bond donors (Lipinski definition) is 2. The third-order valence-corrected chi connectivity index (χ3v) is 8.81. The van der Waals surface area contributed by atoms with Crippen molar-refractivity contribution in [2.24, 2.45) is 0 Å². The summed E-state index contributed by atoms with van der Waals surface area (Å²) < 4.78 is 74.4. The Bertz CT molecular complexity index is 1700. The van der Waals surface area contributed by atoms with Crippen molar-refractivity contribution in [3.8, 4) is 11.4 Å². The smallest absolute Gasteiger partial charge is 0.448 e. The normalized spacial score (nSPS) is 12.7. The summed E-state index contributed by atoms with van der Waals surface area (Å²) in [6.45, 7) is 8.19. The van der Waals surface area contributed by atoms with Crippen molar-refractivity contribution in [1.29, 1.82) is 0 Å². The number of allylic oxidation sites excluding steroid dienone is 4. The van der Waals surface area contributed by atoms with Crippen LogP contribution in [-0.4, -0.2) is 45.0 Å². The number of benzene rings is 3. The number of imidazole rings is 1. The van der Waals surface area contributed by atoms with Crippen molar-refractivity contribution < 1.29 is 30.9 Å². The van der Waals surface area contributed by atoms with E-state index in [0.717, 1.165) is 28.0 Å². The van der Waals surface area contributed by atoms with E-state index < -0.39 is 32.8 Å². The number of aromatic nitrogens is 2. The van der Waals surface area contributed by atoms with Crippen molar-refractivity contribution in [2.75, 3.05) is 16.2 Å².